The summed E-state index contributed by atoms with van der Waals surface area (Å²) in [4.78, 5) is 4.39. The molecule has 1 N–H and O–H groups in total. The van der Waals surface area contributed by atoms with E-state index in [0.717, 1.165) is 11.1 Å². The summed E-state index contributed by atoms with van der Waals surface area (Å²) in [6, 6.07) is 19.8. The molecule has 0 atom stereocenters. The van der Waals surface area contributed by atoms with Crippen LogP contribution >= 0.6 is 11.5 Å². The van der Waals surface area contributed by atoms with Crippen LogP contribution < -0.4 is 5.43 Å². The van der Waals surface area contributed by atoms with E-state index in [-0.39, 0.29) is 0 Å². The van der Waals surface area contributed by atoms with Crippen LogP contribution in [-0.2, 0) is 0 Å². The minimum atomic E-state index is 0.677. The molecule has 0 aliphatic carbocycles. The molecule has 0 fully saturated rings. The van der Waals surface area contributed by atoms with E-state index in [1.165, 1.54) is 11.5 Å². The van der Waals surface area contributed by atoms with Gasteiger partial charge in [0, 0.05) is 17.1 Å². The second-order valence-electron chi connectivity index (χ2n) is 4.07. The highest BCUT2D eigenvalue weighted by Crippen LogP contribution is 2.20. The SMILES string of the molecule is C(=N\Nc1nc(-c2ccccc2)ns1)/c1ccccc1. The molecular weight excluding hydrogens is 268 g/mol. The maximum absolute atomic E-state index is 4.39. The quantitative estimate of drug-likeness (QED) is 0.586. The summed E-state index contributed by atoms with van der Waals surface area (Å²) in [5, 5.41) is 4.83. The molecule has 1 aromatic heterocycles. The second-order valence-corrected chi connectivity index (χ2v) is 4.82. The molecule has 0 saturated heterocycles. The normalized spacial score (nSPS) is 10.8. The molecule has 1 heterocycles. The molecule has 98 valence electrons. The monoisotopic (exact) mass is 280 g/mol. The molecule has 5 heteroatoms. The van der Waals surface area contributed by atoms with Crippen LogP contribution in [0.25, 0.3) is 11.4 Å². The Morgan fingerprint density at radius 3 is 2.40 bits per heavy atom. The molecule has 3 aromatic rings. The standard InChI is InChI=1S/C15H12N4S/c1-3-7-12(8-4-1)11-16-18-15-17-14(19-20-15)13-9-5-2-6-10-13/h1-11H,(H,17,18,19)/b16-11+. The molecule has 0 amide bonds. The van der Waals surface area contributed by atoms with Gasteiger partial charge in [0.05, 0.1) is 6.21 Å². The van der Waals surface area contributed by atoms with Crippen LogP contribution in [0.3, 0.4) is 0 Å². The third-order valence-corrected chi connectivity index (χ3v) is 3.25. The smallest absolute Gasteiger partial charge is 0.223 e. The zero-order valence-corrected chi connectivity index (χ0v) is 11.4. The summed E-state index contributed by atoms with van der Waals surface area (Å²) in [6.07, 6.45) is 1.75. The molecule has 0 spiro atoms. The topological polar surface area (TPSA) is 50.2 Å². The Labute approximate surface area is 121 Å². The lowest BCUT2D eigenvalue weighted by Gasteiger charge is -1.94. The molecule has 3 rings (SSSR count). The maximum atomic E-state index is 4.39. The summed E-state index contributed by atoms with van der Waals surface area (Å²) in [5.41, 5.74) is 4.94. The first-order valence-corrected chi connectivity index (χ1v) is 6.92. The van der Waals surface area contributed by atoms with Crippen molar-refractivity contribution in [2.24, 2.45) is 5.10 Å². The van der Waals surface area contributed by atoms with Crippen LogP contribution in [-0.4, -0.2) is 15.6 Å². The lowest BCUT2D eigenvalue weighted by Crippen LogP contribution is -1.89. The third kappa shape index (κ3) is 3.07. The van der Waals surface area contributed by atoms with E-state index < -0.39 is 0 Å². The van der Waals surface area contributed by atoms with Gasteiger partial charge in [0.25, 0.3) is 0 Å². The van der Waals surface area contributed by atoms with E-state index >= 15 is 0 Å². The van der Waals surface area contributed by atoms with Crippen LogP contribution in [0.5, 0.6) is 0 Å². The number of anilines is 1. The summed E-state index contributed by atoms with van der Waals surface area (Å²) in [5.74, 6) is 0.716. The summed E-state index contributed by atoms with van der Waals surface area (Å²) in [6.45, 7) is 0. The third-order valence-electron chi connectivity index (χ3n) is 2.63. The van der Waals surface area contributed by atoms with Crippen molar-refractivity contribution in [3.8, 4) is 11.4 Å². The van der Waals surface area contributed by atoms with Crippen molar-refractivity contribution in [1.82, 2.24) is 9.36 Å². The van der Waals surface area contributed by atoms with Crippen molar-refractivity contribution in [1.29, 1.82) is 0 Å². The molecule has 20 heavy (non-hydrogen) atoms. The Morgan fingerprint density at radius 1 is 0.950 bits per heavy atom. The fraction of sp³-hybridized carbons (Fsp3) is 0. The Balaban J connectivity index is 1.68. The molecule has 0 bridgehead atoms. The zero-order chi connectivity index (χ0) is 13.6. The maximum Gasteiger partial charge on any atom is 0.223 e. The molecule has 0 aliphatic heterocycles. The van der Waals surface area contributed by atoms with Crippen LogP contribution in [0.4, 0.5) is 5.13 Å². The van der Waals surface area contributed by atoms with Gasteiger partial charge in [-0.2, -0.15) is 14.5 Å². The number of benzene rings is 2. The number of nitrogens with one attached hydrogen (secondary N) is 1. The van der Waals surface area contributed by atoms with E-state index in [1.807, 2.05) is 60.7 Å². The van der Waals surface area contributed by atoms with E-state index in [1.54, 1.807) is 6.21 Å². The Kier molecular flexibility index (Phi) is 3.80. The van der Waals surface area contributed by atoms with Crippen molar-refractivity contribution in [2.75, 3.05) is 5.43 Å². The Bertz CT molecular complexity index is 692. The van der Waals surface area contributed by atoms with Crippen molar-refractivity contribution >= 4 is 22.9 Å². The minimum absolute atomic E-state index is 0.677. The van der Waals surface area contributed by atoms with Gasteiger partial charge in [0.2, 0.25) is 5.13 Å². The van der Waals surface area contributed by atoms with Crippen molar-refractivity contribution in [2.45, 2.75) is 0 Å². The molecule has 0 radical (unpaired) electrons. The van der Waals surface area contributed by atoms with Gasteiger partial charge in [-0.05, 0) is 5.56 Å². The van der Waals surface area contributed by atoms with Crippen LogP contribution in [0, 0.1) is 0 Å². The van der Waals surface area contributed by atoms with Gasteiger partial charge in [-0.3, -0.25) is 5.43 Å². The average Bonchev–Trinajstić information content (AvgIpc) is 2.98. The number of nitrogens with zero attached hydrogens (tertiary/aromatic N) is 3. The highest BCUT2D eigenvalue weighted by molar-refractivity contribution is 7.09. The molecule has 0 aliphatic rings. The second kappa shape index (κ2) is 6.08. The van der Waals surface area contributed by atoms with Crippen molar-refractivity contribution in [3.05, 3.63) is 66.2 Å². The highest BCUT2D eigenvalue weighted by Gasteiger charge is 2.04. The van der Waals surface area contributed by atoms with Crippen molar-refractivity contribution in [3.63, 3.8) is 0 Å². The van der Waals surface area contributed by atoms with Gasteiger partial charge in [0.15, 0.2) is 5.82 Å². The van der Waals surface area contributed by atoms with Gasteiger partial charge < -0.3 is 0 Å². The van der Waals surface area contributed by atoms with Gasteiger partial charge in [0.1, 0.15) is 0 Å². The van der Waals surface area contributed by atoms with Crippen LogP contribution in [0.1, 0.15) is 5.56 Å². The Hall–Kier alpha value is -2.53. The summed E-state index contributed by atoms with van der Waals surface area (Å²) < 4.78 is 4.31. The number of aromatic nitrogens is 2. The lowest BCUT2D eigenvalue weighted by atomic mass is 10.2. The minimum Gasteiger partial charge on any atom is -0.251 e. The number of hydrazone groups is 1. The average molecular weight is 280 g/mol. The zero-order valence-electron chi connectivity index (χ0n) is 10.6. The van der Waals surface area contributed by atoms with E-state index in [2.05, 4.69) is 19.9 Å². The number of hydrogen-bond donors (Lipinski definition) is 1. The molecule has 0 unspecified atom stereocenters. The first-order chi connectivity index (χ1) is 9.92. The first kappa shape index (κ1) is 12.5. The van der Waals surface area contributed by atoms with Crippen LogP contribution in [0.2, 0.25) is 0 Å². The fourth-order valence-electron chi connectivity index (χ4n) is 1.67. The van der Waals surface area contributed by atoms with E-state index in [4.69, 9.17) is 0 Å². The van der Waals surface area contributed by atoms with Gasteiger partial charge in [-0.1, -0.05) is 60.7 Å². The predicted molar refractivity (Wildman–Crippen MR) is 83.0 cm³/mol. The van der Waals surface area contributed by atoms with Crippen molar-refractivity contribution < 1.29 is 0 Å². The summed E-state index contributed by atoms with van der Waals surface area (Å²) >= 11 is 1.29. The lowest BCUT2D eigenvalue weighted by molar-refractivity contribution is 1.26. The van der Waals surface area contributed by atoms with Crippen LogP contribution in [0.15, 0.2) is 65.8 Å². The molecule has 4 nitrogen and oxygen atoms in total. The molecule has 2 aromatic carbocycles. The van der Waals surface area contributed by atoms with E-state index in [9.17, 15) is 0 Å². The Morgan fingerprint density at radius 2 is 1.65 bits per heavy atom. The molecular formula is C15H12N4S. The summed E-state index contributed by atoms with van der Waals surface area (Å²) in [7, 11) is 0. The highest BCUT2D eigenvalue weighted by atomic mass is 32.1. The molecule has 0 saturated carbocycles. The van der Waals surface area contributed by atoms with Gasteiger partial charge in [-0.25, -0.2) is 0 Å². The van der Waals surface area contributed by atoms with E-state index in [0.29, 0.717) is 11.0 Å². The number of hydrogen-bond acceptors (Lipinski definition) is 5. The predicted octanol–water partition coefficient (Wildman–Crippen LogP) is 3.65. The van der Waals surface area contributed by atoms with Gasteiger partial charge in [-0.15, -0.1) is 0 Å². The largest absolute Gasteiger partial charge is 0.251 e. The first-order valence-electron chi connectivity index (χ1n) is 6.15. The van der Waals surface area contributed by atoms with Gasteiger partial charge >= 0.3 is 0 Å². The number of rotatable bonds is 4. The fourth-order valence-corrected chi connectivity index (χ4v) is 2.21.